The molecule has 3 aliphatic rings. The summed E-state index contributed by atoms with van der Waals surface area (Å²) >= 11 is 0. The summed E-state index contributed by atoms with van der Waals surface area (Å²) in [6, 6.07) is 0.618. The van der Waals surface area contributed by atoms with Gasteiger partial charge in [-0.1, -0.05) is 12.8 Å². The first-order valence-electron chi connectivity index (χ1n) is 8.07. The second-order valence-corrected chi connectivity index (χ2v) is 6.65. The van der Waals surface area contributed by atoms with Gasteiger partial charge in [-0.2, -0.15) is 0 Å². The van der Waals surface area contributed by atoms with Gasteiger partial charge in [0.2, 0.25) is 5.91 Å². The van der Waals surface area contributed by atoms with Gasteiger partial charge in [-0.3, -0.25) is 9.69 Å². The van der Waals surface area contributed by atoms with Crippen molar-refractivity contribution >= 4 is 5.91 Å². The van der Waals surface area contributed by atoms with Crippen LogP contribution in [0, 0.1) is 5.41 Å². The van der Waals surface area contributed by atoms with Crippen LogP contribution < -0.4 is 11.1 Å². The minimum absolute atomic E-state index is 0.143. The van der Waals surface area contributed by atoms with Gasteiger partial charge in [0.25, 0.3) is 0 Å². The lowest BCUT2D eigenvalue weighted by atomic mass is 9.85. The molecule has 0 aromatic rings. The van der Waals surface area contributed by atoms with Crippen LogP contribution in [0.25, 0.3) is 0 Å². The molecule has 0 bridgehead atoms. The van der Waals surface area contributed by atoms with Crippen LogP contribution in [0.1, 0.15) is 38.5 Å². The van der Waals surface area contributed by atoms with Gasteiger partial charge in [0, 0.05) is 25.7 Å². The van der Waals surface area contributed by atoms with E-state index in [4.69, 9.17) is 10.5 Å². The molecule has 3 fully saturated rings. The van der Waals surface area contributed by atoms with Crippen LogP contribution in [0.5, 0.6) is 0 Å². The van der Waals surface area contributed by atoms with E-state index in [2.05, 4.69) is 10.2 Å². The quantitative estimate of drug-likeness (QED) is 0.787. The molecule has 1 saturated carbocycles. The Labute approximate surface area is 121 Å². The molecule has 2 heterocycles. The Hall–Kier alpha value is -0.650. The van der Waals surface area contributed by atoms with Gasteiger partial charge in [-0.25, -0.2) is 0 Å². The lowest BCUT2D eigenvalue weighted by molar-refractivity contribution is -0.131. The number of ether oxygens (including phenoxy) is 1. The predicted octanol–water partition coefficient (Wildman–Crippen LogP) is 0.485. The molecule has 3 rings (SSSR count). The van der Waals surface area contributed by atoms with E-state index in [1.165, 1.54) is 19.4 Å². The third-order valence-corrected chi connectivity index (χ3v) is 5.38. The van der Waals surface area contributed by atoms with Crippen LogP contribution in [0.15, 0.2) is 0 Å². The molecular formula is C15H27N3O2. The third-order valence-electron chi connectivity index (χ3n) is 5.38. The van der Waals surface area contributed by atoms with E-state index in [1.54, 1.807) is 0 Å². The number of nitrogens with zero attached hydrogens (tertiary/aromatic N) is 1. The number of rotatable bonds is 4. The van der Waals surface area contributed by atoms with Crippen LogP contribution in [-0.4, -0.2) is 55.7 Å². The highest BCUT2D eigenvalue weighted by Crippen LogP contribution is 2.37. The normalized spacial score (nSPS) is 33.0. The molecule has 5 nitrogen and oxygen atoms in total. The van der Waals surface area contributed by atoms with Gasteiger partial charge in [-0.05, 0) is 32.2 Å². The van der Waals surface area contributed by atoms with Gasteiger partial charge in [-0.15, -0.1) is 0 Å². The second kappa shape index (κ2) is 6.00. The molecule has 2 saturated heterocycles. The fourth-order valence-corrected chi connectivity index (χ4v) is 3.98. The van der Waals surface area contributed by atoms with E-state index < -0.39 is 0 Å². The van der Waals surface area contributed by atoms with Crippen molar-refractivity contribution in [3.8, 4) is 0 Å². The van der Waals surface area contributed by atoms with Gasteiger partial charge >= 0.3 is 0 Å². The van der Waals surface area contributed by atoms with Crippen LogP contribution >= 0.6 is 0 Å². The lowest BCUT2D eigenvalue weighted by Gasteiger charge is -2.36. The minimum atomic E-state index is -0.301. The van der Waals surface area contributed by atoms with E-state index in [9.17, 15) is 4.79 Å². The Kier molecular flexibility index (Phi) is 4.29. The maximum atomic E-state index is 12.4. The lowest BCUT2D eigenvalue weighted by Crippen LogP contribution is -2.52. The molecule has 5 heteroatoms. The number of amides is 1. The number of hydrogen-bond donors (Lipinski definition) is 2. The average Bonchev–Trinajstić information content (AvgIpc) is 3.13. The fraction of sp³-hybridized carbons (Fsp3) is 0.933. The zero-order chi connectivity index (χ0) is 14.0. The second-order valence-electron chi connectivity index (χ2n) is 6.65. The molecular weight excluding hydrogens is 254 g/mol. The Morgan fingerprint density at radius 3 is 2.90 bits per heavy atom. The molecule has 0 radical (unpaired) electrons. The van der Waals surface area contributed by atoms with Crippen molar-refractivity contribution in [2.75, 3.05) is 32.8 Å². The van der Waals surface area contributed by atoms with E-state index in [0.29, 0.717) is 19.1 Å². The fourth-order valence-electron chi connectivity index (χ4n) is 3.98. The smallest absolute Gasteiger partial charge is 0.227 e. The molecule has 20 heavy (non-hydrogen) atoms. The van der Waals surface area contributed by atoms with Gasteiger partial charge < -0.3 is 15.8 Å². The van der Waals surface area contributed by atoms with Gasteiger partial charge in [0.15, 0.2) is 0 Å². The molecule has 1 aliphatic carbocycles. The average molecular weight is 281 g/mol. The van der Waals surface area contributed by atoms with Crippen molar-refractivity contribution in [3.63, 3.8) is 0 Å². The monoisotopic (exact) mass is 281 g/mol. The van der Waals surface area contributed by atoms with E-state index in [1.807, 2.05) is 0 Å². The predicted molar refractivity (Wildman–Crippen MR) is 77.3 cm³/mol. The molecule has 0 aromatic carbocycles. The number of nitrogens with two attached hydrogens (primary N) is 1. The first-order valence-corrected chi connectivity index (χ1v) is 8.07. The highest BCUT2D eigenvalue weighted by molar-refractivity contribution is 5.83. The minimum Gasteiger partial charge on any atom is -0.373 e. The summed E-state index contributed by atoms with van der Waals surface area (Å²) in [5.41, 5.74) is 5.55. The van der Waals surface area contributed by atoms with E-state index >= 15 is 0 Å². The molecule has 0 aromatic heterocycles. The number of hydrogen-bond acceptors (Lipinski definition) is 4. The summed E-state index contributed by atoms with van der Waals surface area (Å²) in [4.78, 5) is 14.9. The Morgan fingerprint density at radius 2 is 2.15 bits per heavy atom. The van der Waals surface area contributed by atoms with Crippen molar-refractivity contribution in [1.82, 2.24) is 10.2 Å². The van der Waals surface area contributed by atoms with E-state index in [-0.39, 0.29) is 17.4 Å². The Morgan fingerprint density at radius 1 is 1.35 bits per heavy atom. The summed E-state index contributed by atoms with van der Waals surface area (Å²) in [6.07, 6.45) is 6.81. The number of carbonyl (C=O) groups is 1. The maximum absolute atomic E-state index is 12.4. The topological polar surface area (TPSA) is 67.6 Å². The molecule has 2 aliphatic heterocycles. The van der Waals surface area contributed by atoms with Crippen molar-refractivity contribution in [3.05, 3.63) is 0 Å². The van der Waals surface area contributed by atoms with Crippen LogP contribution in [0.3, 0.4) is 0 Å². The first-order chi connectivity index (χ1) is 9.73. The van der Waals surface area contributed by atoms with Gasteiger partial charge in [0.05, 0.1) is 18.1 Å². The Balaban J connectivity index is 1.48. The number of fused-ring (bicyclic) bond motifs is 1. The van der Waals surface area contributed by atoms with Crippen LogP contribution in [-0.2, 0) is 9.53 Å². The third kappa shape index (κ3) is 2.71. The zero-order valence-corrected chi connectivity index (χ0v) is 12.3. The highest BCUT2D eigenvalue weighted by Gasteiger charge is 2.40. The van der Waals surface area contributed by atoms with Crippen molar-refractivity contribution in [2.45, 2.75) is 50.7 Å². The molecule has 1 amide bonds. The van der Waals surface area contributed by atoms with Crippen molar-refractivity contribution in [2.24, 2.45) is 11.1 Å². The number of carbonyl (C=O) groups excluding carboxylic acids is 1. The van der Waals surface area contributed by atoms with E-state index in [0.717, 1.165) is 38.8 Å². The summed E-state index contributed by atoms with van der Waals surface area (Å²) < 4.78 is 5.88. The highest BCUT2D eigenvalue weighted by atomic mass is 16.5. The number of nitrogens with one attached hydrogen (secondary N) is 1. The summed E-state index contributed by atoms with van der Waals surface area (Å²) in [5, 5.41) is 3.10. The standard InChI is InChI=1S/C15H27N3O2/c16-11-15(5-1-2-6-15)14(19)17-8-13-9-18-7-3-4-12(18)10-20-13/h12-13H,1-11,16H2,(H,17,19). The molecule has 114 valence electrons. The molecule has 2 atom stereocenters. The zero-order valence-electron chi connectivity index (χ0n) is 12.3. The SMILES string of the molecule is NCC1(C(=O)NCC2CN3CCCC3CO2)CCCC1. The Bertz CT molecular complexity index is 355. The first kappa shape index (κ1) is 14.3. The van der Waals surface area contributed by atoms with Crippen molar-refractivity contribution in [1.29, 1.82) is 0 Å². The van der Waals surface area contributed by atoms with Crippen LogP contribution in [0.4, 0.5) is 0 Å². The number of morpholine rings is 1. The molecule has 2 unspecified atom stereocenters. The summed E-state index contributed by atoms with van der Waals surface area (Å²) in [6.45, 7) is 4.07. The molecule has 0 spiro atoms. The largest absolute Gasteiger partial charge is 0.373 e. The summed E-state index contributed by atoms with van der Waals surface area (Å²) in [5.74, 6) is 0.143. The van der Waals surface area contributed by atoms with Crippen LogP contribution in [0.2, 0.25) is 0 Å². The van der Waals surface area contributed by atoms with Gasteiger partial charge in [0.1, 0.15) is 0 Å². The van der Waals surface area contributed by atoms with Crippen molar-refractivity contribution < 1.29 is 9.53 Å². The maximum Gasteiger partial charge on any atom is 0.227 e. The molecule has 3 N–H and O–H groups in total. The summed E-state index contributed by atoms with van der Waals surface area (Å²) in [7, 11) is 0.